The molecule has 0 N–H and O–H groups in total. The smallest absolute Gasteiger partial charge is 0.293 e. The Balaban J connectivity index is 1.86. The number of hydrogen-bond donors (Lipinski definition) is 0. The van der Waals surface area contributed by atoms with Crippen molar-refractivity contribution >= 4 is 40.5 Å². The quantitative estimate of drug-likeness (QED) is 0.299. The largest absolute Gasteiger partial charge is 0.416 e. The first kappa shape index (κ1) is 20.0. The molecule has 0 saturated heterocycles. The number of rotatable bonds is 6. The number of carbonyl (C=O) groups excluding carboxylic acids is 1. The highest BCUT2D eigenvalue weighted by molar-refractivity contribution is 7.99. The van der Waals surface area contributed by atoms with Gasteiger partial charge in [-0.2, -0.15) is 13.2 Å². The molecular weight excluding hydrogens is 413 g/mol. The summed E-state index contributed by atoms with van der Waals surface area (Å²) >= 11 is 8.70. The number of ketones is 1. The zero-order valence-electron chi connectivity index (χ0n) is 13.9. The maximum atomic E-state index is 12.8. The van der Waals surface area contributed by atoms with Crippen molar-refractivity contribution < 1.29 is 18.0 Å². The summed E-state index contributed by atoms with van der Waals surface area (Å²) < 4.78 is 38.5. The minimum absolute atomic E-state index is 0.0311. The fourth-order valence-corrected chi connectivity index (χ4v) is 4.45. The molecule has 0 aliphatic carbocycles. The maximum Gasteiger partial charge on any atom is 0.416 e. The third-order valence-electron chi connectivity index (χ3n) is 3.87. The van der Waals surface area contributed by atoms with Crippen LogP contribution in [-0.4, -0.2) is 5.78 Å². The number of Topliss-reactive ketones (excluding diaryl/α,β-unsaturated/α-hetero) is 1. The molecule has 27 heavy (non-hydrogen) atoms. The third-order valence-corrected chi connectivity index (χ3v) is 6.30. The van der Waals surface area contributed by atoms with E-state index in [1.165, 1.54) is 35.2 Å². The van der Waals surface area contributed by atoms with E-state index in [-0.39, 0.29) is 17.5 Å². The lowest BCUT2D eigenvalue weighted by molar-refractivity contribution is -0.137. The molecule has 0 radical (unpaired) electrons. The molecule has 1 atom stereocenters. The van der Waals surface area contributed by atoms with E-state index in [0.717, 1.165) is 17.0 Å². The summed E-state index contributed by atoms with van der Waals surface area (Å²) in [7, 11) is 0. The fraction of sp³-hybridized carbons (Fsp3) is 0.150. The molecule has 0 aliphatic rings. The Kier molecular flexibility index (Phi) is 6.29. The molecule has 3 aromatic rings. The van der Waals surface area contributed by atoms with Gasteiger partial charge in [0.15, 0.2) is 5.78 Å². The molecule has 0 unspecified atom stereocenters. The predicted molar refractivity (Wildman–Crippen MR) is 105 cm³/mol. The summed E-state index contributed by atoms with van der Waals surface area (Å²) in [5.74, 6) is -0.0311. The van der Waals surface area contributed by atoms with Crippen LogP contribution in [0.1, 0.15) is 32.5 Å². The van der Waals surface area contributed by atoms with Gasteiger partial charge in [0.2, 0.25) is 0 Å². The number of alkyl halides is 3. The van der Waals surface area contributed by atoms with Gasteiger partial charge in [0.1, 0.15) is 0 Å². The molecule has 0 aliphatic heterocycles. The van der Waals surface area contributed by atoms with E-state index in [2.05, 4.69) is 0 Å². The van der Waals surface area contributed by atoms with Crippen LogP contribution >= 0.6 is 34.7 Å². The number of carbonyl (C=O) groups is 1. The van der Waals surface area contributed by atoms with Crippen LogP contribution in [0.5, 0.6) is 0 Å². The van der Waals surface area contributed by atoms with Crippen molar-refractivity contribution in [3.63, 3.8) is 0 Å². The van der Waals surface area contributed by atoms with Gasteiger partial charge in [-0.3, -0.25) is 4.79 Å². The minimum Gasteiger partial charge on any atom is -0.293 e. The summed E-state index contributed by atoms with van der Waals surface area (Å²) in [5.41, 5.74) is -0.0288. The third kappa shape index (κ3) is 5.37. The van der Waals surface area contributed by atoms with Crippen LogP contribution in [0.3, 0.4) is 0 Å². The van der Waals surface area contributed by atoms with E-state index in [4.69, 9.17) is 11.6 Å². The Bertz CT molecular complexity index is 888. The van der Waals surface area contributed by atoms with Crippen LogP contribution in [0.4, 0.5) is 13.2 Å². The van der Waals surface area contributed by atoms with Crippen LogP contribution in [-0.2, 0) is 6.18 Å². The fourth-order valence-electron chi connectivity index (χ4n) is 2.50. The summed E-state index contributed by atoms with van der Waals surface area (Å²) in [5, 5.41) is 2.12. The first-order valence-electron chi connectivity index (χ1n) is 7.99. The van der Waals surface area contributed by atoms with Gasteiger partial charge >= 0.3 is 6.18 Å². The van der Waals surface area contributed by atoms with Crippen LogP contribution < -0.4 is 0 Å². The van der Waals surface area contributed by atoms with Gasteiger partial charge in [0, 0.05) is 21.6 Å². The molecule has 2 aromatic carbocycles. The number of benzene rings is 2. The Hall–Kier alpha value is -1.76. The van der Waals surface area contributed by atoms with Gasteiger partial charge in [-0.05, 0) is 53.4 Å². The van der Waals surface area contributed by atoms with E-state index in [0.29, 0.717) is 15.5 Å². The molecule has 0 bridgehead atoms. The summed E-state index contributed by atoms with van der Waals surface area (Å²) in [6.07, 6.45) is -4.19. The molecule has 0 fully saturated rings. The molecule has 1 nitrogen and oxygen atoms in total. The SMILES string of the molecule is O=C(C[C@H](Sc1ccc(Cl)cc1)c1ccc(C(F)(F)F)cc1)c1cccs1. The zero-order chi connectivity index (χ0) is 19.4. The topological polar surface area (TPSA) is 17.1 Å². The second-order valence-corrected chi connectivity index (χ2v) is 8.45. The van der Waals surface area contributed by atoms with Crippen LogP contribution in [0.25, 0.3) is 0 Å². The molecule has 140 valence electrons. The molecule has 7 heteroatoms. The van der Waals surface area contributed by atoms with Crippen LogP contribution in [0.15, 0.2) is 70.9 Å². The predicted octanol–water partition coefficient (Wildman–Crippen LogP) is 7.53. The number of thiophene rings is 1. The molecule has 1 aromatic heterocycles. The highest BCUT2D eigenvalue weighted by atomic mass is 35.5. The molecule has 0 saturated carbocycles. The van der Waals surface area contributed by atoms with Crippen molar-refractivity contribution in [1.82, 2.24) is 0 Å². The van der Waals surface area contributed by atoms with E-state index >= 15 is 0 Å². The van der Waals surface area contributed by atoms with Crippen molar-refractivity contribution in [2.24, 2.45) is 0 Å². The molecular formula is C20H14ClF3OS2. The summed E-state index contributed by atoms with van der Waals surface area (Å²) in [6, 6.07) is 15.7. The van der Waals surface area contributed by atoms with Crippen molar-refractivity contribution in [1.29, 1.82) is 0 Å². The van der Waals surface area contributed by atoms with Gasteiger partial charge in [-0.15, -0.1) is 23.1 Å². The van der Waals surface area contributed by atoms with Crippen molar-refractivity contribution in [3.8, 4) is 0 Å². The molecule has 0 spiro atoms. The number of thioether (sulfide) groups is 1. The zero-order valence-corrected chi connectivity index (χ0v) is 16.3. The highest BCUT2D eigenvalue weighted by Crippen LogP contribution is 2.40. The van der Waals surface area contributed by atoms with Crippen molar-refractivity contribution in [2.75, 3.05) is 0 Å². The summed E-state index contributed by atoms with van der Waals surface area (Å²) in [4.78, 5) is 14.1. The minimum atomic E-state index is -4.38. The number of halogens is 4. The molecule has 3 rings (SSSR count). The standard InChI is InChI=1S/C20H14ClF3OS2/c21-15-7-9-16(10-8-15)27-19(12-17(25)18-2-1-11-26-18)13-3-5-14(6-4-13)20(22,23)24/h1-11,19H,12H2/t19-/m0/s1. The Labute approximate surface area is 168 Å². The lowest BCUT2D eigenvalue weighted by atomic mass is 10.0. The molecule has 0 amide bonds. The van der Waals surface area contributed by atoms with Crippen LogP contribution in [0, 0.1) is 0 Å². The van der Waals surface area contributed by atoms with Crippen LogP contribution in [0.2, 0.25) is 5.02 Å². The van der Waals surface area contributed by atoms with Gasteiger partial charge in [0.05, 0.1) is 10.4 Å². The second-order valence-electron chi connectivity index (χ2n) is 5.78. The van der Waals surface area contributed by atoms with E-state index < -0.39 is 11.7 Å². The van der Waals surface area contributed by atoms with Gasteiger partial charge in [-0.1, -0.05) is 29.8 Å². The first-order valence-corrected chi connectivity index (χ1v) is 10.1. The Morgan fingerprint density at radius 3 is 2.26 bits per heavy atom. The first-order chi connectivity index (χ1) is 12.8. The normalized spacial score (nSPS) is 12.7. The van der Waals surface area contributed by atoms with Crippen molar-refractivity contribution in [3.05, 3.63) is 87.1 Å². The molecule has 1 heterocycles. The van der Waals surface area contributed by atoms with E-state index in [9.17, 15) is 18.0 Å². The second kappa shape index (κ2) is 8.50. The monoisotopic (exact) mass is 426 g/mol. The lowest BCUT2D eigenvalue weighted by Gasteiger charge is -2.17. The Morgan fingerprint density at radius 2 is 1.70 bits per heavy atom. The average molecular weight is 427 g/mol. The average Bonchev–Trinajstić information content (AvgIpc) is 3.17. The maximum absolute atomic E-state index is 12.8. The van der Waals surface area contributed by atoms with Crippen molar-refractivity contribution in [2.45, 2.75) is 22.7 Å². The van der Waals surface area contributed by atoms with E-state index in [1.54, 1.807) is 24.3 Å². The van der Waals surface area contributed by atoms with Gasteiger partial charge in [0.25, 0.3) is 0 Å². The lowest BCUT2D eigenvalue weighted by Crippen LogP contribution is -2.07. The number of hydrogen-bond acceptors (Lipinski definition) is 3. The van der Waals surface area contributed by atoms with Gasteiger partial charge < -0.3 is 0 Å². The Morgan fingerprint density at radius 1 is 1.04 bits per heavy atom. The highest BCUT2D eigenvalue weighted by Gasteiger charge is 2.30. The summed E-state index contributed by atoms with van der Waals surface area (Å²) in [6.45, 7) is 0. The van der Waals surface area contributed by atoms with E-state index in [1.807, 2.05) is 17.5 Å². The van der Waals surface area contributed by atoms with Gasteiger partial charge in [-0.25, -0.2) is 0 Å².